The lowest BCUT2D eigenvalue weighted by Crippen LogP contribution is -2.22. The number of aromatic nitrogens is 2. The molecular weight excluding hydrogens is 258 g/mol. The van der Waals surface area contributed by atoms with E-state index >= 15 is 0 Å². The molecule has 0 aliphatic rings. The molecule has 0 saturated heterocycles. The largest absolute Gasteiger partial charge is 0.478 e. The quantitative estimate of drug-likeness (QED) is 0.717. The second-order valence-electron chi connectivity index (χ2n) is 4.09. The minimum absolute atomic E-state index is 0.225. The van der Waals surface area contributed by atoms with Crippen LogP contribution in [0.25, 0.3) is 6.08 Å². The van der Waals surface area contributed by atoms with Crippen molar-refractivity contribution in [3.63, 3.8) is 0 Å². The van der Waals surface area contributed by atoms with Crippen LogP contribution < -0.4 is 5.32 Å². The average molecular weight is 271 g/mol. The number of nitrogens with one attached hydrogen (secondary N) is 2. The van der Waals surface area contributed by atoms with Gasteiger partial charge in [-0.2, -0.15) is 5.10 Å². The summed E-state index contributed by atoms with van der Waals surface area (Å²) in [6.07, 6.45) is 5.80. The van der Waals surface area contributed by atoms with Crippen molar-refractivity contribution in [1.29, 1.82) is 0 Å². The van der Waals surface area contributed by atoms with E-state index in [4.69, 9.17) is 5.11 Å². The molecule has 3 N–H and O–H groups in total. The van der Waals surface area contributed by atoms with Crippen molar-refractivity contribution in [3.05, 3.63) is 59.4 Å². The van der Waals surface area contributed by atoms with E-state index in [9.17, 15) is 9.59 Å². The summed E-state index contributed by atoms with van der Waals surface area (Å²) in [5.41, 5.74) is 2.00. The van der Waals surface area contributed by atoms with Crippen LogP contribution in [0.4, 0.5) is 0 Å². The van der Waals surface area contributed by atoms with E-state index < -0.39 is 5.97 Å². The number of carboxylic acid groups (broad SMARTS) is 1. The molecule has 1 heterocycles. The van der Waals surface area contributed by atoms with Crippen molar-refractivity contribution >= 4 is 18.0 Å². The molecule has 6 nitrogen and oxygen atoms in total. The molecule has 0 bridgehead atoms. The van der Waals surface area contributed by atoms with Crippen molar-refractivity contribution in [2.45, 2.75) is 6.54 Å². The summed E-state index contributed by atoms with van der Waals surface area (Å²) in [6.45, 7) is 0.379. The average Bonchev–Trinajstić information content (AvgIpc) is 2.96. The fraction of sp³-hybridized carbons (Fsp3) is 0.0714. The Labute approximate surface area is 115 Å². The zero-order valence-corrected chi connectivity index (χ0v) is 10.5. The van der Waals surface area contributed by atoms with Gasteiger partial charge in [0, 0.05) is 29.9 Å². The van der Waals surface area contributed by atoms with Gasteiger partial charge in [0.05, 0.1) is 6.20 Å². The van der Waals surface area contributed by atoms with Gasteiger partial charge in [-0.05, 0) is 23.8 Å². The molecule has 0 radical (unpaired) electrons. The number of hydrogen-bond donors (Lipinski definition) is 3. The number of carbonyl (C=O) groups is 2. The molecular formula is C14H13N3O3. The van der Waals surface area contributed by atoms with E-state index in [1.54, 1.807) is 36.7 Å². The second-order valence-corrected chi connectivity index (χ2v) is 4.09. The first kappa shape index (κ1) is 13.5. The van der Waals surface area contributed by atoms with Gasteiger partial charge in [0.1, 0.15) is 0 Å². The maximum Gasteiger partial charge on any atom is 0.328 e. The van der Waals surface area contributed by atoms with E-state index in [1.807, 2.05) is 0 Å². The number of hydrogen-bond acceptors (Lipinski definition) is 3. The summed E-state index contributed by atoms with van der Waals surface area (Å²) < 4.78 is 0. The van der Waals surface area contributed by atoms with Gasteiger partial charge in [-0.15, -0.1) is 0 Å². The highest BCUT2D eigenvalue weighted by Crippen LogP contribution is 2.07. The summed E-state index contributed by atoms with van der Waals surface area (Å²) in [5.74, 6) is -1.25. The van der Waals surface area contributed by atoms with Crippen LogP contribution in [-0.4, -0.2) is 27.2 Å². The molecule has 6 heteroatoms. The van der Waals surface area contributed by atoms with E-state index in [2.05, 4.69) is 15.5 Å². The third-order valence-corrected chi connectivity index (χ3v) is 2.58. The summed E-state index contributed by atoms with van der Waals surface area (Å²) in [4.78, 5) is 22.4. The van der Waals surface area contributed by atoms with Crippen molar-refractivity contribution in [1.82, 2.24) is 15.5 Å². The van der Waals surface area contributed by atoms with Gasteiger partial charge in [0.25, 0.3) is 5.91 Å². The second kappa shape index (κ2) is 6.33. The molecule has 20 heavy (non-hydrogen) atoms. The number of rotatable bonds is 5. The Balaban J connectivity index is 2.02. The number of nitrogens with zero attached hydrogens (tertiary/aromatic N) is 1. The molecule has 0 atom stereocenters. The molecule has 0 spiro atoms. The lowest BCUT2D eigenvalue weighted by Gasteiger charge is -2.04. The zero-order chi connectivity index (χ0) is 14.4. The molecule has 1 amide bonds. The van der Waals surface area contributed by atoms with Crippen LogP contribution in [0.15, 0.2) is 42.7 Å². The molecule has 2 rings (SSSR count). The van der Waals surface area contributed by atoms with E-state index in [0.717, 1.165) is 11.6 Å². The van der Waals surface area contributed by atoms with Crippen LogP contribution >= 0.6 is 0 Å². The highest BCUT2D eigenvalue weighted by molar-refractivity contribution is 5.95. The summed E-state index contributed by atoms with van der Waals surface area (Å²) >= 11 is 0. The molecule has 102 valence electrons. The van der Waals surface area contributed by atoms with Crippen LogP contribution in [0.1, 0.15) is 21.5 Å². The SMILES string of the molecule is O=C(O)C=Cc1cccc(C(=O)NCc2cn[nH]c2)c1. The Kier molecular flexibility index (Phi) is 4.28. The maximum atomic E-state index is 11.9. The van der Waals surface area contributed by atoms with Gasteiger partial charge in [0.15, 0.2) is 0 Å². The number of amides is 1. The Morgan fingerprint density at radius 1 is 1.40 bits per heavy atom. The van der Waals surface area contributed by atoms with Gasteiger partial charge in [0.2, 0.25) is 0 Å². The van der Waals surface area contributed by atoms with E-state index in [0.29, 0.717) is 17.7 Å². The molecule has 0 unspecified atom stereocenters. The minimum atomic E-state index is -1.03. The Morgan fingerprint density at radius 3 is 2.95 bits per heavy atom. The highest BCUT2D eigenvalue weighted by Gasteiger charge is 2.05. The number of carboxylic acids is 1. The predicted molar refractivity (Wildman–Crippen MR) is 72.9 cm³/mol. The Bertz CT molecular complexity index is 633. The van der Waals surface area contributed by atoms with Crippen molar-refractivity contribution < 1.29 is 14.7 Å². The lowest BCUT2D eigenvalue weighted by molar-refractivity contribution is -0.131. The van der Waals surface area contributed by atoms with Crippen LogP contribution in [0.3, 0.4) is 0 Å². The fourth-order valence-corrected chi connectivity index (χ4v) is 1.61. The van der Waals surface area contributed by atoms with Gasteiger partial charge < -0.3 is 10.4 Å². The van der Waals surface area contributed by atoms with Gasteiger partial charge in [-0.3, -0.25) is 9.89 Å². The van der Waals surface area contributed by atoms with Crippen molar-refractivity contribution in [2.75, 3.05) is 0 Å². The molecule has 0 fully saturated rings. The van der Waals surface area contributed by atoms with Crippen LogP contribution in [0.2, 0.25) is 0 Å². The summed E-state index contributed by atoms with van der Waals surface area (Å²) in [5, 5.41) is 17.8. The first-order valence-corrected chi connectivity index (χ1v) is 5.92. The normalized spacial score (nSPS) is 10.6. The predicted octanol–water partition coefficient (Wildman–Crippen LogP) is 1.44. The van der Waals surface area contributed by atoms with E-state index in [-0.39, 0.29) is 5.91 Å². The van der Waals surface area contributed by atoms with Gasteiger partial charge >= 0.3 is 5.97 Å². The third-order valence-electron chi connectivity index (χ3n) is 2.58. The fourth-order valence-electron chi connectivity index (χ4n) is 1.61. The summed E-state index contributed by atoms with van der Waals surface area (Å²) in [7, 11) is 0. The minimum Gasteiger partial charge on any atom is -0.478 e. The van der Waals surface area contributed by atoms with Crippen LogP contribution in [-0.2, 0) is 11.3 Å². The standard InChI is InChI=1S/C14H13N3O3/c18-13(19)5-4-10-2-1-3-12(6-10)14(20)15-7-11-8-16-17-9-11/h1-6,8-9H,7H2,(H,15,20)(H,16,17)(H,18,19). The Hall–Kier alpha value is -2.89. The highest BCUT2D eigenvalue weighted by atomic mass is 16.4. The molecule has 0 saturated carbocycles. The monoisotopic (exact) mass is 271 g/mol. The van der Waals surface area contributed by atoms with Crippen molar-refractivity contribution in [3.8, 4) is 0 Å². The maximum absolute atomic E-state index is 11.9. The smallest absolute Gasteiger partial charge is 0.328 e. The molecule has 2 aromatic rings. The third kappa shape index (κ3) is 3.81. The number of benzene rings is 1. The number of aromatic amines is 1. The van der Waals surface area contributed by atoms with Crippen LogP contribution in [0, 0.1) is 0 Å². The number of aliphatic carboxylic acids is 1. The number of H-pyrrole nitrogens is 1. The molecule has 1 aromatic carbocycles. The molecule has 0 aliphatic heterocycles. The molecule has 0 aliphatic carbocycles. The van der Waals surface area contributed by atoms with Crippen molar-refractivity contribution in [2.24, 2.45) is 0 Å². The van der Waals surface area contributed by atoms with Gasteiger partial charge in [-0.25, -0.2) is 4.79 Å². The van der Waals surface area contributed by atoms with Crippen LogP contribution in [0.5, 0.6) is 0 Å². The van der Waals surface area contributed by atoms with E-state index in [1.165, 1.54) is 6.08 Å². The molecule has 1 aromatic heterocycles. The zero-order valence-electron chi connectivity index (χ0n) is 10.5. The Morgan fingerprint density at radius 2 is 2.25 bits per heavy atom. The van der Waals surface area contributed by atoms with Gasteiger partial charge in [-0.1, -0.05) is 12.1 Å². The number of carbonyl (C=O) groups excluding carboxylic acids is 1. The lowest BCUT2D eigenvalue weighted by atomic mass is 10.1. The topological polar surface area (TPSA) is 95.1 Å². The first-order valence-electron chi connectivity index (χ1n) is 5.92. The first-order chi connectivity index (χ1) is 9.65. The summed E-state index contributed by atoms with van der Waals surface area (Å²) in [6, 6.07) is 6.73.